The molecule has 0 atom stereocenters. The van der Waals surface area contributed by atoms with E-state index in [1.807, 2.05) is 6.92 Å². The third-order valence-corrected chi connectivity index (χ3v) is 3.57. The Bertz CT molecular complexity index is 416. The van der Waals surface area contributed by atoms with Gasteiger partial charge in [-0.1, -0.05) is 0 Å². The number of hydrogen-bond donors (Lipinski definition) is 0. The zero-order valence-electron chi connectivity index (χ0n) is 10.8. The van der Waals surface area contributed by atoms with E-state index in [4.69, 9.17) is 9.47 Å². The van der Waals surface area contributed by atoms with Crippen LogP contribution in [0.5, 0.6) is 6.01 Å². The number of carbonyl (C=O) groups is 1. The third kappa shape index (κ3) is 4.16. The van der Waals surface area contributed by atoms with E-state index in [-0.39, 0.29) is 18.0 Å². The summed E-state index contributed by atoms with van der Waals surface area (Å²) in [5, 5.41) is 0. The lowest BCUT2D eigenvalue weighted by molar-refractivity contribution is -0.149. The number of aromatic nitrogens is 2. The molecule has 0 unspecified atom stereocenters. The van der Waals surface area contributed by atoms with Gasteiger partial charge in [0.05, 0.1) is 17.0 Å². The number of hydrogen-bond acceptors (Lipinski definition) is 5. The van der Waals surface area contributed by atoms with Crippen LogP contribution in [0.3, 0.4) is 0 Å². The lowest BCUT2D eigenvalue weighted by atomic mass is 9.87. The van der Waals surface area contributed by atoms with Gasteiger partial charge < -0.3 is 9.47 Å². The maximum atomic E-state index is 11.6. The smallest absolute Gasteiger partial charge is 0.316 e. The van der Waals surface area contributed by atoms with Gasteiger partial charge in [-0.2, -0.15) is 0 Å². The Labute approximate surface area is 120 Å². The topological polar surface area (TPSA) is 61.3 Å². The molecule has 0 aromatic carbocycles. The first-order chi connectivity index (χ1) is 9.19. The molecule has 0 amide bonds. The second-order valence-corrected chi connectivity index (χ2v) is 5.44. The van der Waals surface area contributed by atoms with Gasteiger partial charge in [-0.15, -0.1) is 0 Å². The van der Waals surface area contributed by atoms with Crippen LogP contribution in [0.2, 0.25) is 0 Å². The molecule has 0 saturated heterocycles. The summed E-state index contributed by atoms with van der Waals surface area (Å²) >= 11 is 3.28. The molecule has 0 spiro atoms. The molecule has 0 bridgehead atoms. The van der Waals surface area contributed by atoms with Gasteiger partial charge in [-0.05, 0) is 48.5 Å². The van der Waals surface area contributed by atoms with Gasteiger partial charge in [0.1, 0.15) is 6.10 Å². The average molecular weight is 329 g/mol. The summed E-state index contributed by atoms with van der Waals surface area (Å²) in [5.41, 5.74) is 0. The molecule has 1 heterocycles. The standard InChI is InChI=1S/C13H17BrN2O3/c1-2-18-12(17)9-3-5-11(6-4-9)19-13-15-7-10(14)8-16-13/h7-9,11H,2-6H2,1H3. The highest BCUT2D eigenvalue weighted by Gasteiger charge is 2.28. The summed E-state index contributed by atoms with van der Waals surface area (Å²) in [6, 6.07) is 0.391. The summed E-state index contributed by atoms with van der Waals surface area (Å²) in [5.74, 6) is -0.0634. The largest absolute Gasteiger partial charge is 0.466 e. The normalized spacial score (nSPS) is 22.8. The lowest BCUT2D eigenvalue weighted by Crippen LogP contribution is -2.29. The Morgan fingerprint density at radius 3 is 2.53 bits per heavy atom. The van der Waals surface area contributed by atoms with E-state index in [0.29, 0.717) is 12.6 Å². The molecule has 0 N–H and O–H groups in total. The zero-order chi connectivity index (χ0) is 13.7. The Balaban J connectivity index is 1.80. The molecule has 1 saturated carbocycles. The van der Waals surface area contributed by atoms with E-state index in [1.165, 1.54) is 0 Å². The van der Waals surface area contributed by atoms with Crippen LogP contribution in [0.15, 0.2) is 16.9 Å². The van der Waals surface area contributed by atoms with Crippen LogP contribution in [0.25, 0.3) is 0 Å². The van der Waals surface area contributed by atoms with E-state index in [9.17, 15) is 4.79 Å². The van der Waals surface area contributed by atoms with Gasteiger partial charge in [0.15, 0.2) is 0 Å². The molecule has 1 aromatic heterocycles. The second kappa shape index (κ2) is 6.84. The van der Waals surface area contributed by atoms with Crippen LogP contribution in [-0.4, -0.2) is 28.6 Å². The molecular weight excluding hydrogens is 312 g/mol. The first-order valence-corrected chi connectivity index (χ1v) is 7.29. The van der Waals surface area contributed by atoms with Crippen molar-refractivity contribution in [2.24, 2.45) is 5.92 Å². The molecule has 6 heteroatoms. The average Bonchev–Trinajstić information content (AvgIpc) is 2.42. The second-order valence-electron chi connectivity index (χ2n) is 4.53. The monoisotopic (exact) mass is 328 g/mol. The quantitative estimate of drug-likeness (QED) is 0.795. The summed E-state index contributed by atoms with van der Waals surface area (Å²) in [4.78, 5) is 19.8. The highest BCUT2D eigenvalue weighted by atomic mass is 79.9. The van der Waals surface area contributed by atoms with Gasteiger partial charge in [-0.3, -0.25) is 4.79 Å². The summed E-state index contributed by atoms with van der Waals surface area (Å²) in [7, 11) is 0. The molecule has 104 valence electrons. The Morgan fingerprint density at radius 1 is 1.32 bits per heavy atom. The zero-order valence-corrected chi connectivity index (χ0v) is 12.4. The van der Waals surface area contributed by atoms with Gasteiger partial charge in [0, 0.05) is 12.4 Å². The summed E-state index contributed by atoms with van der Waals surface area (Å²) in [6.45, 7) is 2.28. The van der Waals surface area contributed by atoms with Crippen LogP contribution in [0, 0.1) is 5.92 Å². The molecule has 1 fully saturated rings. The Morgan fingerprint density at radius 2 is 1.95 bits per heavy atom. The van der Waals surface area contributed by atoms with Crippen molar-refractivity contribution in [3.8, 4) is 6.01 Å². The van der Waals surface area contributed by atoms with Crippen molar-refractivity contribution in [1.82, 2.24) is 9.97 Å². The van der Waals surface area contributed by atoms with E-state index in [1.54, 1.807) is 12.4 Å². The van der Waals surface area contributed by atoms with Crippen molar-refractivity contribution in [2.75, 3.05) is 6.61 Å². The van der Waals surface area contributed by atoms with E-state index < -0.39 is 0 Å². The van der Waals surface area contributed by atoms with Crippen molar-refractivity contribution >= 4 is 21.9 Å². The number of halogens is 1. The maximum Gasteiger partial charge on any atom is 0.316 e. The van der Waals surface area contributed by atoms with E-state index >= 15 is 0 Å². The molecular formula is C13H17BrN2O3. The first-order valence-electron chi connectivity index (χ1n) is 6.50. The fraction of sp³-hybridized carbons (Fsp3) is 0.615. The highest BCUT2D eigenvalue weighted by Crippen LogP contribution is 2.27. The van der Waals surface area contributed by atoms with Crippen molar-refractivity contribution in [3.63, 3.8) is 0 Å². The summed E-state index contributed by atoms with van der Waals surface area (Å²) < 4.78 is 11.6. The molecule has 1 aliphatic carbocycles. The molecule has 1 aromatic rings. The van der Waals surface area contributed by atoms with Gasteiger partial charge >= 0.3 is 12.0 Å². The van der Waals surface area contributed by atoms with Crippen LogP contribution in [-0.2, 0) is 9.53 Å². The van der Waals surface area contributed by atoms with Crippen molar-refractivity contribution in [1.29, 1.82) is 0 Å². The molecule has 1 aliphatic rings. The minimum atomic E-state index is -0.0826. The molecule has 5 nitrogen and oxygen atoms in total. The van der Waals surface area contributed by atoms with Gasteiger partial charge in [-0.25, -0.2) is 9.97 Å². The Kier molecular flexibility index (Phi) is 5.13. The fourth-order valence-electron chi connectivity index (χ4n) is 2.19. The number of carbonyl (C=O) groups excluding carboxylic acids is 1. The minimum Gasteiger partial charge on any atom is -0.466 e. The van der Waals surface area contributed by atoms with Gasteiger partial charge in [0.2, 0.25) is 0 Å². The Hall–Kier alpha value is -1.17. The molecule has 0 radical (unpaired) electrons. The molecule has 0 aliphatic heterocycles. The van der Waals surface area contributed by atoms with Crippen LogP contribution < -0.4 is 4.74 Å². The number of esters is 1. The van der Waals surface area contributed by atoms with E-state index in [2.05, 4.69) is 25.9 Å². The predicted octanol–water partition coefficient (Wildman–Crippen LogP) is 2.74. The molecule has 2 rings (SSSR count). The van der Waals surface area contributed by atoms with Crippen molar-refractivity contribution < 1.29 is 14.3 Å². The van der Waals surface area contributed by atoms with Crippen LogP contribution in [0.1, 0.15) is 32.6 Å². The van der Waals surface area contributed by atoms with Crippen molar-refractivity contribution in [3.05, 3.63) is 16.9 Å². The third-order valence-electron chi connectivity index (χ3n) is 3.16. The fourth-order valence-corrected chi connectivity index (χ4v) is 2.39. The number of ether oxygens (including phenoxy) is 2. The van der Waals surface area contributed by atoms with Gasteiger partial charge in [0.25, 0.3) is 0 Å². The SMILES string of the molecule is CCOC(=O)C1CCC(Oc2ncc(Br)cn2)CC1. The number of nitrogens with zero attached hydrogens (tertiary/aromatic N) is 2. The van der Waals surface area contributed by atoms with Crippen LogP contribution in [0.4, 0.5) is 0 Å². The predicted molar refractivity (Wildman–Crippen MR) is 72.7 cm³/mol. The highest BCUT2D eigenvalue weighted by molar-refractivity contribution is 9.10. The lowest BCUT2D eigenvalue weighted by Gasteiger charge is -2.26. The maximum absolute atomic E-state index is 11.6. The van der Waals surface area contributed by atoms with Crippen molar-refractivity contribution in [2.45, 2.75) is 38.7 Å². The summed E-state index contributed by atoms with van der Waals surface area (Å²) in [6.07, 6.45) is 6.69. The minimum absolute atomic E-state index is 0.0191. The first kappa shape index (κ1) is 14.2. The number of rotatable bonds is 4. The van der Waals surface area contributed by atoms with E-state index in [0.717, 1.165) is 30.2 Å². The van der Waals surface area contributed by atoms with Crippen LogP contribution >= 0.6 is 15.9 Å². The molecule has 19 heavy (non-hydrogen) atoms.